The SMILES string of the molecule is CCOc1cc(Nc2cc(OC)cc(OC)c2)ccc1N. The molecular formula is C16H20N2O3. The van der Waals surface area contributed by atoms with Gasteiger partial charge in [0.25, 0.3) is 0 Å². The Kier molecular flexibility index (Phi) is 4.77. The number of ether oxygens (including phenoxy) is 3. The number of rotatable bonds is 6. The van der Waals surface area contributed by atoms with Gasteiger partial charge in [-0.25, -0.2) is 0 Å². The summed E-state index contributed by atoms with van der Waals surface area (Å²) in [6.45, 7) is 2.49. The molecule has 0 aliphatic carbocycles. The molecule has 0 atom stereocenters. The van der Waals surface area contributed by atoms with Gasteiger partial charge in [0, 0.05) is 35.6 Å². The molecule has 0 aliphatic rings. The predicted molar refractivity (Wildman–Crippen MR) is 84.9 cm³/mol. The fraction of sp³-hybridized carbons (Fsp3) is 0.250. The van der Waals surface area contributed by atoms with Crippen LogP contribution in [0.5, 0.6) is 17.2 Å². The first-order chi connectivity index (χ1) is 10.2. The summed E-state index contributed by atoms with van der Waals surface area (Å²) in [5.74, 6) is 2.10. The second kappa shape index (κ2) is 6.74. The summed E-state index contributed by atoms with van der Waals surface area (Å²) in [5, 5.41) is 3.28. The van der Waals surface area contributed by atoms with E-state index in [4.69, 9.17) is 19.9 Å². The van der Waals surface area contributed by atoms with Gasteiger partial charge in [-0.3, -0.25) is 0 Å². The first-order valence-electron chi connectivity index (χ1n) is 6.68. The topological polar surface area (TPSA) is 65.7 Å². The lowest BCUT2D eigenvalue weighted by Crippen LogP contribution is -1.99. The van der Waals surface area contributed by atoms with Crippen molar-refractivity contribution >= 4 is 17.1 Å². The Balaban J connectivity index is 2.27. The van der Waals surface area contributed by atoms with Crippen molar-refractivity contribution in [3.05, 3.63) is 36.4 Å². The Hall–Kier alpha value is -2.56. The molecular weight excluding hydrogens is 268 g/mol. The first kappa shape index (κ1) is 14.8. The highest BCUT2D eigenvalue weighted by atomic mass is 16.5. The molecule has 0 aliphatic heterocycles. The van der Waals surface area contributed by atoms with Crippen molar-refractivity contribution in [1.82, 2.24) is 0 Å². The summed E-state index contributed by atoms with van der Waals surface area (Å²) in [5.41, 5.74) is 8.22. The second-order valence-electron chi connectivity index (χ2n) is 4.41. The molecule has 21 heavy (non-hydrogen) atoms. The molecule has 2 aromatic carbocycles. The third kappa shape index (κ3) is 3.72. The van der Waals surface area contributed by atoms with Crippen molar-refractivity contribution in [1.29, 1.82) is 0 Å². The van der Waals surface area contributed by atoms with Crippen LogP contribution in [0.1, 0.15) is 6.92 Å². The number of benzene rings is 2. The van der Waals surface area contributed by atoms with Crippen molar-refractivity contribution in [2.75, 3.05) is 31.9 Å². The summed E-state index contributed by atoms with van der Waals surface area (Å²) < 4.78 is 16.0. The minimum absolute atomic E-state index is 0.570. The summed E-state index contributed by atoms with van der Waals surface area (Å²) in [7, 11) is 3.24. The molecule has 0 amide bonds. The average molecular weight is 288 g/mol. The van der Waals surface area contributed by atoms with Gasteiger partial charge in [0.05, 0.1) is 26.5 Å². The minimum atomic E-state index is 0.570. The van der Waals surface area contributed by atoms with E-state index in [2.05, 4.69) is 5.32 Å². The van der Waals surface area contributed by atoms with Crippen LogP contribution in [0.15, 0.2) is 36.4 Å². The largest absolute Gasteiger partial charge is 0.497 e. The fourth-order valence-corrected chi connectivity index (χ4v) is 1.94. The van der Waals surface area contributed by atoms with Gasteiger partial charge in [0.1, 0.15) is 17.2 Å². The Morgan fingerprint density at radius 1 is 0.952 bits per heavy atom. The maximum atomic E-state index is 5.87. The van der Waals surface area contributed by atoms with Crippen molar-refractivity contribution in [2.45, 2.75) is 6.92 Å². The summed E-state index contributed by atoms with van der Waals surface area (Å²) in [6.07, 6.45) is 0. The summed E-state index contributed by atoms with van der Waals surface area (Å²) >= 11 is 0. The average Bonchev–Trinajstić information content (AvgIpc) is 2.50. The minimum Gasteiger partial charge on any atom is -0.497 e. The van der Waals surface area contributed by atoms with Crippen molar-refractivity contribution in [3.63, 3.8) is 0 Å². The predicted octanol–water partition coefficient (Wildman–Crippen LogP) is 3.43. The van der Waals surface area contributed by atoms with E-state index in [-0.39, 0.29) is 0 Å². The third-order valence-corrected chi connectivity index (χ3v) is 2.95. The number of nitrogens with two attached hydrogens (primary N) is 1. The molecule has 0 unspecified atom stereocenters. The van der Waals surface area contributed by atoms with Gasteiger partial charge in [-0.2, -0.15) is 0 Å². The Labute approximate surface area is 124 Å². The van der Waals surface area contributed by atoms with Crippen LogP contribution in [0.3, 0.4) is 0 Å². The van der Waals surface area contributed by atoms with E-state index >= 15 is 0 Å². The van der Waals surface area contributed by atoms with E-state index in [1.165, 1.54) is 0 Å². The molecule has 112 valence electrons. The van der Waals surface area contributed by atoms with Crippen LogP contribution >= 0.6 is 0 Å². The Morgan fingerprint density at radius 2 is 1.62 bits per heavy atom. The number of anilines is 3. The van der Waals surface area contributed by atoms with E-state index in [9.17, 15) is 0 Å². The van der Waals surface area contributed by atoms with Gasteiger partial charge in [0.2, 0.25) is 0 Å². The summed E-state index contributed by atoms with van der Waals surface area (Å²) in [6, 6.07) is 11.2. The van der Waals surface area contributed by atoms with Crippen molar-refractivity contribution in [3.8, 4) is 17.2 Å². The highest BCUT2D eigenvalue weighted by Crippen LogP contribution is 2.31. The standard InChI is InChI=1S/C16H20N2O3/c1-4-21-16-9-11(5-6-15(16)17)18-12-7-13(19-2)10-14(8-12)20-3/h5-10,18H,4,17H2,1-3H3. The van der Waals surface area contributed by atoms with Gasteiger partial charge in [-0.05, 0) is 19.1 Å². The smallest absolute Gasteiger partial charge is 0.144 e. The highest BCUT2D eigenvalue weighted by molar-refractivity contribution is 5.68. The number of nitrogen functional groups attached to an aromatic ring is 1. The number of methoxy groups -OCH3 is 2. The first-order valence-corrected chi connectivity index (χ1v) is 6.68. The van der Waals surface area contributed by atoms with E-state index in [1.807, 2.05) is 43.3 Å². The van der Waals surface area contributed by atoms with E-state index in [0.29, 0.717) is 18.0 Å². The molecule has 0 saturated heterocycles. The van der Waals surface area contributed by atoms with E-state index < -0.39 is 0 Å². The second-order valence-corrected chi connectivity index (χ2v) is 4.41. The van der Waals surface area contributed by atoms with Crippen molar-refractivity contribution < 1.29 is 14.2 Å². The molecule has 3 N–H and O–H groups in total. The molecule has 0 radical (unpaired) electrons. The zero-order valence-electron chi connectivity index (χ0n) is 12.5. The summed E-state index contributed by atoms with van der Waals surface area (Å²) in [4.78, 5) is 0. The van der Waals surface area contributed by atoms with Crippen LogP contribution in [0.2, 0.25) is 0 Å². The molecule has 0 fully saturated rings. The lowest BCUT2D eigenvalue weighted by Gasteiger charge is -2.13. The monoisotopic (exact) mass is 288 g/mol. The molecule has 5 nitrogen and oxygen atoms in total. The normalized spacial score (nSPS) is 10.0. The van der Waals surface area contributed by atoms with Crippen LogP contribution in [0.25, 0.3) is 0 Å². The molecule has 0 bridgehead atoms. The molecule has 0 saturated carbocycles. The van der Waals surface area contributed by atoms with Crippen LogP contribution < -0.4 is 25.3 Å². The maximum absolute atomic E-state index is 5.87. The van der Waals surface area contributed by atoms with Crippen LogP contribution in [-0.2, 0) is 0 Å². The quantitative estimate of drug-likeness (QED) is 0.797. The van der Waals surface area contributed by atoms with Gasteiger partial charge in [0.15, 0.2) is 0 Å². The zero-order valence-corrected chi connectivity index (χ0v) is 12.5. The maximum Gasteiger partial charge on any atom is 0.144 e. The molecule has 0 heterocycles. The van der Waals surface area contributed by atoms with Gasteiger partial charge >= 0.3 is 0 Å². The fourth-order valence-electron chi connectivity index (χ4n) is 1.94. The number of nitrogens with one attached hydrogen (secondary N) is 1. The highest BCUT2D eigenvalue weighted by Gasteiger charge is 2.05. The van der Waals surface area contributed by atoms with Gasteiger partial charge in [-0.15, -0.1) is 0 Å². The molecule has 0 aromatic heterocycles. The zero-order chi connectivity index (χ0) is 15.2. The lowest BCUT2D eigenvalue weighted by atomic mass is 10.2. The van der Waals surface area contributed by atoms with Crippen LogP contribution in [-0.4, -0.2) is 20.8 Å². The molecule has 2 aromatic rings. The van der Waals surface area contributed by atoms with Gasteiger partial charge < -0.3 is 25.3 Å². The van der Waals surface area contributed by atoms with E-state index in [0.717, 1.165) is 22.9 Å². The van der Waals surface area contributed by atoms with Crippen LogP contribution in [0, 0.1) is 0 Å². The lowest BCUT2D eigenvalue weighted by molar-refractivity contribution is 0.342. The Bertz CT molecular complexity index is 592. The number of hydrogen-bond donors (Lipinski definition) is 2. The number of hydrogen-bond acceptors (Lipinski definition) is 5. The third-order valence-electron chi connectivity index (χ3n) is 2.95. The van der Waals surface area contributed by atoms with E-state index in [1.54, 1.807) is 14.2 Å². The molecule has 5 heteroatoms. The van der Waals surface area contributed by atoms with Crippen molar-refractivity contribution in [2.24, 2.45) is 0 Å². The van der Waals surface area contributed by atoms with Crippen LogP contribution in [0.4, 0.5) is 17.1 Å². The molecule has 2 rings (SSSR count). The Morgan fingerprint density at radius 3 is 2.19 bits per heavy atom. The molecule has 0 spiro atoms. The van der Waals surface area contributed by atoms with Gasteiger partial charge in [-0.1, -0.05) is 0 Å².